The fraction of sp³-hybridized carbons (Fsp3) is 0.273. The Morgan fingerprint density at radius 3 is 2.37 bits per heavy atom. The molecule has 2 aromatic carbocycles. The maximum absolute atomic E-state index is 12.3. The molecule has 1 amide bonds. The monoisotopic (exact) mass is 381 g/mol. The van der Waals surface area contributed by atoms with Crippen LogP contribution in [0.2, 0.25) is 0 Å². The molecule has 0 spiro atoms. The van der Waals surface area contributed by atoms with Crippen molar-refractivity contribution in [3.63, 3.8) is 0 Å². The maximum atomic E-state index is 12.3. The van der Waals surface area contributed by atoms with Crippen molar-refractivity contribution in [2.24, 2.45) is 0 Å². The molecular formula is C22H23NO3S. The van der Waals surface area contributed by atoms with Crippen molar-refractivity contribution in [2.75, 3.05) is 19.7 Å². The summed E-state index contributed by atoms with van der Waals surface area (Å²) < 4.78 is 5.23. The third-order valence-electron chi connectivity index (χ3n) is 4.43. The van der Waals surface area contributed by atoms with Gasteiger partial charge in [0.1, 0.15) is 5.25 Å². The summed E-state index contributed by atoms with van der Waals surface area (Å²) in [5.74, 6) is -0.515. The van der Waals surface area contributed by atoms with E-state index in [0.717, 1.165) is 11.3 Å². The molecule has 4 nitrogen and oxygen atoms in total. The van der Waals surface area contributed by atoms with Crippen LogP contribution in [0.25, 0.3) is 5.57 Å². The summed E-state index contributed by atoms with van der Waals surface area (Å²) in [5, 5.41) is -0.355. The Morgan fingerprint density at radius 2 is 1.74 bits per heavy atom. The first-order chi connectivity index (χ1) is 13.1. The summed E-state index contributed by atoms with van der Waals surface area (Å²) in [6, 6.07) is 19.9. The van der Waals surface area contributed by atoms with Gasteiger partial charge in [0.2, 0.25) is 0 Å². The molecule has 27 heavy (non-hydrogen) atoms. The molecule has 0 aliphatic carbocycles. The first-order valence-electron chi connectivity index (χ1n) is 9.04. The Balaban J connectivity index is 1.45. The van der Waals surface area contributed by atoms with Gasteiger partial charge in [-0.1, -0.05) is 54.6 Å². The normalized spacial score (nSPS) is 15.0. The minimum atomic E-state index is -0.366. The summed E-state index contributed by atoms with van der Waals surface area (Å²) in [4.78, 5) is 27.2. The van der Waals surface area contributed by atoms with Crippen LogP contribution >= 0.6 is 11.8 Å². The average Bonchev–Trinajstić information content (AvgIpc) is 2.73. The lowest BCUT2D eigenvalue weighted by Gasteiger charge is -2.26. The zero-order valence-corrected chi connectivity index (χ0v) is 16.2. The number of amides is 1. The summed E-state index contributed by atoms with van der Waals surface area (Å²) in [6.45, 7) is 2.79. The molecule has 1 heterocycles. The van der Waals surface area contributed by atoms with Crippen LogP contribution in [0.3, 0.4) is 0 Å². The van der Waals surface area contributed by atoms with Crippen molar-refractivity contribution < 1.29 is 14.3 Å². The van der Waals surface area contributed by atoms with Crippen LogP contribution in [0.5, 0.6) is 0 Å². The number of rotatable bonds is 6. The molecule has 140 valence electrons. The molecule has 3 rings (SSSR count). The van der Waals surface area contributed by atoms with Crippen LogP contribution in [-0.2, 0) is 14.3 Å². The molecule has 0 aromatic heterocycles. The van der Waals surface area contributed by atoms with Gasteiger partial charge in [0, 0.05) is 18.0 Å². The third kappa shape index (κ3) is 5.47. The van der Waals surface area contributed by atoms with E-state index in [9.17, 15) is 9.59 Å². The van der Waals surface area contributed by atoms with Crippen LogP contribution in [-0.4, -0.2) is 41.7 Å². The van der Waals surface area contributed by atoms with Crippen LogP contribution in [0.1, 0.15) is 18.9 Å². The molecular weight excluding hydrogens is 358 g/mol. The fourth-order valence-corrected chi connectivity index (χ4v) is 3.79. The molecule has 0 bridgehead atoms. The van der Waals surface area contributed by atoms with Gasteiger partial charge in [0.15, 0.2) is 6.61 Å². The summed E-state index contributed by atoms with van der Waals surface area (Å²) in [5.41, 5.74) is 2.45. The van der Waals surface area contributed by atoms with E-state index in [2.05, 4.69) is 18.2 Å². The van der Waals surface area contributed by atoms with E-state index >= 15 is 0 Å². The Kier molecular flexibility index (Phi) is 6.71. The quantitative estimate of drug-likeness (QED) is 0.560. The highest BCUT2D eigenvalue weighted by molar-refractivity contribution is 8.00. The van der Waals surface area contributed by atoms with Gasteiger partial charge in [-0.05, 0) is 36.6 Å². The predicted molar refractivity (Wildman–Crippen MR) is 108 cm³/mol. The molecule has 5 heteroatoms. The van der Waals surface area contributed by atoms with Crippen molar-refractivity contribution >= 4 is 29.2 Å². The molecule has 1 aliphatic heterocycles. The smallest absolute Gasteiger partial charge is 0.319 e. The first kappa shape index (κ1) is 19.2. The number of hydrogen-bond acceptors (Lipinski definition) is 4. The number of thioether (sulfide) groups is 1. The molecule has 1 atom stereocenters. The number of carbonyl (C=O) groups excluding carboxylic acids is 2. The number of benzene rings is 2. The largest absolute Gasteiger partial charge is 0.455 e. The second-order valence-electron chi connectivity index (χ2n) is 6.37. The Morgan fingerprint density at radius 1 is 1.07 bits per heavy atom. The molecule has 0 unspecified atom stereocenters. The van der Waals surface area contributed by atoms with E-state index in [1.807, 2.05) is 48.5 Å². The van der Waals surface area contributed by atoms with Gasteiger partial charge in [0.25, 0.3) is 5.91 Å². The highest BCUT2D eigenvalue weighted by Crippen LogP contribution is 2.24. The first-order valence-corrected chi connectivity index (χ1v) is 9.92. The molecule has 0 N–H and O–H groups in total. The summed E-state index contributed by atoms with van der Waals surface area (Å²) in [7, 11) is 0. The summed E-state index contributed by atoms with van der Waals surface area (Å²) in [6.07, 6.45) is 2.89. The van der Waals surface area contributed by atoms with E-state index in [4.69, 9.17) is 4.74 Å². The lowest BCUT2D eigenvalue weighted by Crippen LogP contribution is -2.38. The lowest BCUT2D eigenvalue weighted by molar-refractivity contribution is -0.151. The zero-order valence-electron chi connectivity index (χ0n) is 15.3. The average molecular weight is 381 g/mol. The van der Waals surface area contributed by atoms with Gasteiger partial charge in [-0.3, -0.25) is 9.59 Å². The number of ether oxygens (including phenoxy) is 1. The van der Waals surface area contributed by atoms with Crippen molar-refractivity contribution in [3.8, 4) is 0 Å². The zero-order chi connectivity index (χ0) is 19.1. The highest BCUT2D eigenvalue weighted by Gasteiger charge is 2.21. The van der Waals surface area contributed by atoms with E-state index in [1.165, 1.54) is 22.9 Å². The minimum absolute atomic E-state index is 0.149. The molecule has 0 radical (unpaired) electrons. The van der Waals surface area contributed by atoms with Crippen molar-refractivity contribution in [2.45, 2.75) is 23.5 Å². The lowest BCUT2D eigenvalue weighted by atomic mass is 10.00. The van der Waals surface area contributed by atoms with Crippen LogP contribution in [0, 0.1) is 0 Å². The Labute approximate surface area is 164 Å². The number of nitrogens with zero attached hydrogens (tertiary/aromatic N) is 1. The van der Waals surface area contributed by atoms with Crippen molar-refractivity contribution in [3.05, 3.63) is 72.3 Å². The van der Waals surface area contributed by atoms with Crippen molar-refractivity contribution in [1.82, 2.24) is 4.90 Å². The molecule has 0 fully saturated rings. The van der Waals surface area contributed by atoms with Crippen LogP contribution in [0.4, 0.5) is 0 Å². The SMILES string of the molecule is C[C@@H](Sc1ccccc1)C(=O)OCC(=O)N1CC=C(c2ccccc2)CC1. The third-order valence-corrected chi connectivity index (χ3v) is 5.52. The van der Waals surface area contributed by atoms with Gasteiger partial charge in [0.05, 0.1) is 0 Å². The van der Waals surface area contributed by atoms with Gasteiger partial charge in [-0.15, -0.1) is 11.8 Å². The Bertz CT molecular complexity index is 805. The van der Waals surface area contributed by atoms with Gasteiger partial charge in [-0.25, -0.2) is 0 Å². The number of carbonyl (C=O) groups is 2. The van der Waals surface area contributed by atoms with Crippen molar-refractivity contribution in [1.29, 1.82) is 0 Å². The van der Waals surface area contributed by atoms with Crippen LogP contribution < -0.4 is 0 Å². The summed E-state index contributed by atoms with van der Waals surface area (Å²) >= 11 is 1.43. The van der Waals surface area contributed by atoms with Gasteiger partial charge < -0.3 is 9.64 Å². The molecule has 0 saturated carbocycles. The van der Waals surface area contributed by atoms with Gasteiger partial charge >= 0.3 is 5.97 Å². The van der Waals surface area contributed by atoms with E-state index in [-0.39, 0.29) is 23.7 Å². The molecule has 1 aliphatic rings. The second-order valence-corrected chi connectivity index (χ2v) is 7.78. The topological polar surface area (TPSA) is 46.6 Å². The van der Waals surface area contributed by atoms with E-state index < -0.39 is 0 Å². The van der Waals surface area contributed by atoms with E-state index in [0.29, 0.717) is 13.1 Å². The maximum Gasteiger partial charge on any atom is 0.319 e. The standard InChI is InChI=1S/C22H23NO3S/c1-17(27-20-10-6-3-7-11-20)22(25)26-16-21(24)23-14-12-19(13-15-23)18-8-4-2-5-9-18/h2-12,17H,13-16H2,1H3/t17-/m1/s1. The highest BCUT2D eigenvalue weighted by atomic mass is 32.2. The number of esters is 1. The Hall–Kier alpha value is -2.53. The minimum Gasteiger partial charge on any atom is -0.455 e. The predicted octanol–water partition coefficient (Wildman–Crippen LogP) is 4.03. The number of hydrogen-bond donors (Lipinski definition) is 0. The second kappa shape index (κ2) is 9.42. The fourth-order valence-electron chi connectivity index (χ4n) is 2.90. The van der Waals surface area contributed by atoms with E-state index in [1.54, 1.807) is 11.8 Å². The molecule has 0 saturated heterocycles. The molecule has 2 aromatic rings. The van der Waals surface area contributed by atoms with Crippen LogP contribution in [0.15, 0.2) is 71.6 Å². The van der Waals surface area contributed by atoms with Gasteiger partial charge in [-0.2, -0.15) is 0 Å².